The zero-order chi connectivity index (χ0) is 25.9. The van der Waals surface area contributed by atoms with Crippen LogP contribution in [0.4, 0.5) is 18.9 Å². The number of carbonyl (C=O) groups excluding carboxylic acids is 2. The molecule has 0 radical (unpaired) electrons. The smallest absolute Gasteiger partial charge is 0.434 e. The van der Waals surface area contributed by atoms with Gasteiger partial charge in [-0.1, -0.05) is 24.3 Å². The van der Waals surface area contributed by atoms with Gasteiger partial charge in [-0.3, -0.25) is 9.59 Å². The lowest BCUT2D eigenvalue weighted by molar-refractivity contribution is -0.141. The second kappa shape index (κ2) is 10.7. The SMILES string of the molecule is Cc1ccc(C)c(OCC(=O)Nc2ccc(C3CCN(C(=O)c4scnc4C(F)(F)F)CC3)cc2)c1. The van der Waals surface area contributed by atoms with Gasteiger partial charge in [0.05, 0.1) is 5.51 Å². The van der Waals surface area contributed by atoms with Gasteiger partial charge in [-0.2, -0.15) is 13.2 Å². The Morgan fingerprint density at radius 2 is 1.81 bits per heavy atom. The highest BCUT2D eigenvalue weighted by Crippen LogP contribution is 2.35. The molecule has 6 nitrogen and oxygen atoms in total. The normalized spacial score (nSPS) is 14.5. The zero-order valence-electron chi connectivity index (χ0n) is 19.9. The quantitative estimate of drug-likeness (QED) is 0.448. The van der Waals surface area contributed by atoms with Crippen molar-refractivity contribution in [3.63, 3.8) is 0 Å². The summed E-state index contributed by atoms with van der Waals surface area (Å²) in [6, 6.07) is 13.3. The van der Waals surface area contributed by atoms with Gasteiger partial charge < -0.3 is 15.0 Å². The molecular weight excluding hydrogens is 491 g/mol. The fourth-order valence-corrected chi connectivity index (χ4v) is 4.97. The first-order valence-electron chi connectivity index (χ1n) is 11.5. The number of aryl methyl sites for hydroxylation is 2. The van der Waals surface area contributed by atoms with E-state index in [2.05, 4.69) is 10.3 Å². The first-order chi connectivity index (χ1) is 17.1. The van der Waals surface area contributed by atoms with Crippen molar-refractivity contribution in [2.75, 3.05) is 25.0 Å². The van der Waals surface area contributed by atoms with Crippen LogP contribution in [-0.4, -0.2) is 41.4 Å². The minimum Gasteiger partial charge on any atom is -0.483 e. The molecule has 1 N–H and O–H groups in total. The van der Waals surface area contributed by atoms with Crippen molar-refractivity contribution in [2.45, 2.75) is 38.8 Å². The molecule has 1 fully saturated rings. The van der Waals surface area contributed by atoms with E-state index in [1.165, 1.54) is 4.90 Å². The molecule has 36 heavy (non-hydrogen) atoms. The highest BCUT2D eigenvalue weighted by Gasteiger charge is 2.39. The van der Waals surface area contributed by atoms with Gasteiger partial charge in [-0.25, -0.2) is 4.98 Å². The van der Waals surface area contributed by atoms with E-state index >= 15 is 0 Å². The molecule has 2 heterocycles. The van der Waals surface area contributed by atoms with E-state index in [9.17, 15) is 22.8 Å². The molecule has 0 atom stereocenters. The van der Waals surface area contributed by atoms with Crippen molar-refractivity contribution in [2.24, 2.45) is 0 Å². The van der Waals surface area contributed by atoms with Crippen LogP contribution in [0.5, 0.6) is 5.75 Å². The topological polar surface area (TPSA) is 71.5 Å². The summed E-state index contributed by atoms with van der Waals surface area (Å²) in [6.45, 7) is 4.51. The monoisotopic (exact) mass is 517 g/mol. The maximum Gasteiger partial charge on any atom is 0.434 e. The Kier molecular flexibility index (Phi) is 7.63. The number of rotatable bonds is 6. The summed E-state index contributed by atoms with van der Waals surface area (Å²) in [4.78, 5) is 29.4. The molecule has 1 aliphatic heterocycles. The van der Waals surface area contributed by atoms with E-state index in [-0.39, 0.29) is 23.3 Å². The van der Waals surface area contributed by atoms with Crippen molar-refractivity contribution in [1.82, 2.24) is 9.88 Å². The minimum absolute atomic E-state index is 0.103. The molecule has 0 unspecified atom stereocenters. The summed E-state index contributed by atoms with van der Waals surface area (Å²) in [5, 5.41) is 2.82. The van der Waals surface area contributed by atoms with Crippen molar-refractivity contribution < 1.29 is 27.5 Å². The highest BCUT2D eigenvalue weighted by atomic mass is 32.1. The largest absolute Gasteiger partial charge is 0.483 e. The second-order valence-electron chi connectivity index (χ2n) is 8.82. The Hall–Kier alpha value is -3.40. The number of nitrogens with one attached hydrogen (secondary N) is 1. The number of benzene rings is 2. The molecule has 1 aliphatic rings. The fourth-order valence-electron chi connectivity index (χ4n) is 4.20. The van der Waals surface area contributed by atoms with Crippen molar-refractivity contribution in [3.8, 4) is 5.75 Å². The summed E-state index contributed by atoms with van der Waals surface area (Å²) in [5.74, 6) is -0.0357. The van der Waals surface area contributed by atoms with Crippen LogP contribution >= 0.6 is 11.3 Å². The Morgan fingerprint density at radius 3 is 2.47 bits per heavy atom. The van der Waals surface area contributed by atoms with Crippen LogP contribution in [0.2, 0.25) is 0 Å². The predicted molar refractivity (Wildman–Crippen MR) is 131 cm³/mol. The molecule has 190 valence electrons. The van der Waals surface area contributed by atoms with E-state index in [0.29, 0.717) is 37.4 Å². The van der Waals surface area contributed by atoms with Crippen LogP contribution in [-0.2, 0) is 11.0 Å². The van der Waals surface area contributed by atoms with Crippen LogP contribution in [0.15, 0.2) is 48.0 Å². The lowest BCUT2D eigenvalue weighted by atomic mass is 9.89. The molecule has 2 aromatic carbocycles. The maximum absolute atomic E-state index is 13.1. The van der Waals surface area contributed by atoms with Crippen LogP contribution in [0.1, 0.15) is 50.8 Å². The summed E-state index contributed by atoms with van der Waals surface area (Å²) < 4.78 is 44.9. The third kappa shape index (κ3) is 6.04. The van der Waals surface area contributed by atoms with E-state index in [0.717, 1.165) is 33.5 Å². The number of anilines is 1. The number of nitrogens with zero attached hydrogens (tertiary/aromatic N) is 2. The third-order valence-electron chi connectivity index (χ3n) is 6.18. The minimum atomic E-state index is -4.65. The van der Waals surface area contributed by atoms with Crippen molar-refractivity contribution in [3.05, 3.63) is 75.2 Å². The molecule has 2 amide bonds. The predicted octanol–water partition coefficient (Wildman–Crippen LogP) is 5.82. The lowest BCUT2D eigenvalue weighted by Crippen LogP contribution is -2.38. The van der Waals surface area contributed by atoms with Crippen LogP contribution in [0, 0.1) is 13.8 Å². The number of amides is 2. The number of likely N-dealkylation sites (tertiary alicyclic amines) is 1. The third-order valence-corrected chi connectivity index (χ3v) is 7.00. The van der Waals surface area contributed by atoms with Crippen LogP contribution in [0.3, 0.4) is 0 Å². The molecule has 3 aromatic rings. The first kappa shape index (κ1) is 25.7. The Balaban J connectivity index is 1.28. The first-order valence-corrected chi connectivity index (χ1v) is 12.4. The van der Waals surface area contributed by atoms with Gasteiger partial charge in [0, 0.05) is 18.8 Å². The molecule has 0 saturated carbocycles. The van der Waals surface area contributed by atoms with Gasteiger partial charge in [0.25, 0.3) is 11.8 Å². The number of thiazole rings is 1. The van der Waals surface area contributed by atoms with Gasteiger partial charge in [-0.05, 0) is 67.5 Å². The molecule has 0 aliphatic carbocycles. The van der Waals surface area contributed by atoms with E-state index in [1.807, 2.05) is 56.3 Å². The Labute approximate surface area is 211 Å². The lowest BCUT2D eigenvalue weighted by Gasteiger charge is -2.32. The number of halogens is 3. The standard InChI is InChI=1S/C26H26F3N3O3S/c1-16-3-4-17(2)21(13-16)35-14-22(33)31-20-7-5-18(6-8-20)19-9-11-32(12-10-19)25(34)23-24(26(27,28)29)30-15-36-23/h3-8,13,15,19H,9-12,14H2,1-2H3,(H,31,33). The number of ether oxygens (including phenoxy) is 1. The summed E-state index contributed by atoms with van der Waals surface area (Å²) in [7, 11) is 0. The highest BCUT2D eigenvalue weighted by molar-refractivity contribution is 7.11. The summed E-state index contributed by atoms with van der Waals surface area (Å²) >= 11 is 0.719. The van der Waals surface area contributed by atoms with Gasteiger partial charge in [0.2, 0.25) is 0 Å². The molecule has 0 spiro atoms. The maximum atomic E-state index is 13.1. The molecule has 0 bridgehead atoms. The van der Waals surface area contributed by atoms with Gasteiger partial charge in [-0.15, -0.1) is 11.3 Å². The van der Waals surface area contributed by atoms with Crippen molar-refractivity contribution >= 4 is 28.8 Å². The molecule has 4 rings (SSSR count). The number of hydrogen-bond donors (Lipinski definition) is 1. The molecule has 1 aromatic heterocycles. The number of hydrogen-bond acceptors (Lipinski definition) is 5. The Bertz CT molecular complexity index is 1230. The van der Waals surface area contributed by atoms with E-state index < -0.39 is 17.8 Å². The molecule has 10 heteroatoms. The van der Waals surface area contributed by atoms with Gasteiger partial charge in [0.1, 0.15) is 10.6 Å². The fraction of sp³-hybridized carbons (Fsp3) is 0.346. The number of piperidine rings is 1. The Morgan fingerprint density at radius 1 is 1.11 bits per heavy atom. The second-order valence-corrected chi connectivity index (χ2v) is 9.68. The van der Waals surface area contributed by atoms with E-state index in [1.54, 1.807) is 0 Å². The summed E-state index contributed by atoms with van der Waals surface area (Å²) in [6.07, 6.45) is -3.37. The average molecular weight is 518 g/mol. The van der Waals surface area contributed by atoms with E-state index in [4.69, 9.17) is 4.74 Å². The van der Waals surface area contributed by atoms with Crippen LogP contribution < -0.4 is 10.1 Å². The zero-order valence-corrected chi connectivity index (χ0v) is 20.7. The van der Waals surface area contributed by atoms with Gasteiger partial charge >= 0.3 is 6.18 Å². The molecular formula is C26H26F3N3O3S. The molecule has 1 saturated heterocycles. The van der Waals surface area contributed by atoms with Crippen molar-refractivity contribution in [1.29, 1.82) is 0 Å². The number of alkyl halides is 3. The summed E-state index contributed by atoms with van der Waals surface area (Å²) in [5.41, 5.74) is 3.65. The number of carbonyl (C=O) groups is 2. The van der Waals surface area contributed by atoms with Crippen LogP contribution in [0.25, 0.3) is 0 Å². The number of aromatic nitrogens is 1. The van der Waals surface area contributed by atoms with Gasteiger partial charge in [0.15, 0.2) is 12.3 Å². The average Bonchev–Trinajstić information content (AvgIpc) is 3.36.